The standard InChI is InChI=1S/C20H22N4O3/c1-4-10-23-11-9-14-12-15(5-7-18(14)23)21-20(25)17-13-16(24(26)27)6-8-19(17)22(2)3/h5-9,11-13H,4,10H2,1-3H3,(H,21,25). The number of nitro groups is 1. The molecule has 0 aliphatic carbocycles. The molecule has 0 atom stereocenters. The van der Waals surface area contributed by atoms with E-state index < -0.39 is 4.92 Å². The Bertz CT molecular complexity index is 1010. The van der Waals surface area contributed by atoms with E-state index in [4.69, 9.17) is 0 Å². The number of amides is 1. The molecule has 1 amide bonds. The lowest BCUT2D eigenvalue weighted by Crippen LogP contribution is -2.18. The predicted molar refractivity (Wildman–Crippen MR) is 108 cm³/mol. The number of aromatic nitrogens is 1. The van der Waals surface area contributed by atoms with Crippen LogP contribution in [0.15, 0.2) is 48.7 Å². The molecule has 27 heavy (non-hydrogen) atoms. The van der Waals surface area contributed by atoms with Crippen molar-refractivity contribution in [3.63, 3.8) is 0 Å². The summed E-state index contributed by atoms with van der Waals surface area (Å²) < 4.78 is 2.17. The second-order valence-corrected chi connectivity index (χ2v) is 6.59. The molecule has 1 heterocycles. The highest BCUT2D eigenvalue weighted by Gasteiger charge is 2.18. The van der Waals surface area contributed by atoms with Crippen molar-refractivity contribution >= 4 is 33.9 Å². The van der Waals surface area contributed by atoms with Crippen LogP contribution in [0, 0.1) is 10.1 Å². The van der Waals surface area contributed by atoms with Gasteiger partial charge < -0.3 is 14.8 Å². The molecule has 2 aromatic carbocycles. The van der Waals surface area contributed by atoms with Gasteiger partial charge in [-0.3, -0.25) is 14.9 Å². The zero-order valence-electron chi connectivity index (χ0n) is 15.6. The van der Waals surface area contributed by atoms with E-state index >= 15 is 0 Å². The monoisotopic (exact) mass is 366 g/mol. The Morgan fingerprint density at radius 1 is 1.19 bits per heavy atom. The third kappa shape index (κ3) is 3.76. The number of anilines is 2. The van der Waals surface area contributed by atoms with Gasteiger partial charge in [0.05, 0.1) is 10.5 Å². The third-order valence-corrected chi connectivity index (χ3v) is 4.41. The molecule has 0 unspecified atom stereocenters. The van der Waals surface area contributed by atoms with Gasteiger partial charge in [0, 0.05) is 61.2 Å². The van der Waals surface area contributed by atoms with Crippen LogP contribution in [0.5, 0.6) is 0 Å². The van der Waals surface area contributed by atoms with Crippen molar-refractivity contribution in [1.29, 1.82) is 0 Å². The minimum absolute atomic E-state index is 0.113. The number of nitro benzene ring substituents is 1. The van der Waals surface area contributed by atoms with Crippen LogP contribution in [0.3, 0.4) is 0 Å². The zero-order chi connectivity index (χ0) is 19.6. The summed E-state index contributed by atoms with van der Waals surface area (Å²) in [6.45, 7) is 3.07. The molecule has 0 saturated carbocycles. The summed E-state index contributed by atoms with van der Waals surface area (Å²) >= 11 is 0. The van der Waals surface area contributed by atoms with Crippen LogP contribution in [0.4, 0.5) is 17.1 Å². The second-order valence-electron chi connectivity index (χ2n) is 6.59. The summed E-state index contributed by atoms with van der Waals surface area (Å²) in [4.78, 5) is 25.1. The van der Waals surface area contributed by atoms with Crippen molar-refractivity contribution in [1.82, 2.24) is 4.57 Å². The number of benzene rings is 2. The van der Waals surface area contributed by atoms with Crippen LogP contribution in [0.2, 0.25) is 0 Å². The largest absolute Gasteiger partial charge is 0.377 e. The number of non-ortho nitro benzene ring substituents is 1. The lowest BCUT2D eigenvalue weighted by molar-refractivity contribution is -0.384. The highest BCUT2D eigenvalue weighted by atomic mass is 16.6. The van der Waals surface area contributed by atoms with Crippen LogP contribution in [-0.4, -0.2) is 29.5 Å². The topological polar surface area (TPSA) is 80.4 Å². The number of fused-ring (bicyclic) bond motifs is 1. The van der Waals surface area contributed by atoms with E-state index in [9.17, 15) is 14.9 Å². The molecule has 1 aromatic heterocycles. The van der Waals surface area contributed by atoms with E-state index in [-0.39, 0.29) is 17.2 Å². The Labute approximate surface area is 157 Å². The average Bonchev–Trinajstić information content (AvgIpc) is 3.03. The minimum atomic E-state index is -0.501. The van der Waals surface area contributed by atoms with E-state index in [1.807, 2.05) is 30.5 Å². The van der Waals surface area contributed by atoms with Crippen molar-refractivity contribution in [2.75, 3.05) is 24.3 Å². The number of carbonyl (C=O) groups excluding carboxylic acids is 1. The van der Waals surface area contributed by atoms with E-state index in [2.05, 4.69) is 16.8 Å². The molecule has 7 heteroatoms. The maximum atomic E-state index is 12.8. The summed E-state index contributed by atoms with van der Waals surface area (Å²) in [5.74, 6) is -0.380. The van der Waals surface area contributed by atoms with Gasteiger partial charge in [-0.25, -0.2) is 0 Å². The molecule has 1 N–H and O–H groups in total. The van der Waals surface area contributed by atoms with E-state index in [1.54, 1.807) is 25.1 Å². The molecular formula is C20H22N4O3. The number of nitrogens with zero attached hydrogens (tertiary/aromatic N) is 3. The molecule has 140 valence electrons. The Kier molecular flexibility index (Phi) is 5.12. The Balaban J connectivity index is 1.91. The number of aryl methyl sites for hydroxylation is 1. The van der Waals surface area contributed by atoms with Gasteiger partial charge in [0.2, 0.25) is 0 Å². The van der Waals surface area contributed by atoms with Crippen molar-refractivity contribution in [3.8, 4) is 0 Å². The van der Waals surface area contributed by atoms with Crippen molar-refractivity contribution in [3.05, 3.63) is 64.3 Å². The molecule has 0 bridgehead atoms. The van der Waals surface area contributed by atoms with Crippen LogP contribution in [-0.2, 0) is 6.54 Å². The summed E-state index contributed by atoms with van der Waals surface area (Å²) in [5, 5.41) is 15.0. The first-order valence-corrected chi connectivity index (χ1v) is 8.76. The van der Waals surface area contributed by atoms with Gasteiger partial charge in [0.15, 0.2) is 0 Å². The van der Waals surface area contributed by atoms with Gasteiger partial charge in [-0.1, -0.05) is 6.92 Å². The second kappa shape index (κ2) is 7.49. The Morgan fingerprint density at radius 2 is 1.96 bits per heavy atom. The summed E-state index contributed by atoms with van der Waals surface area (Å²) in [6, 6.07) is 12.0. The molecular weight excluding hydrogens is 344 g/mol. The summed E-state index contributed by atoms with van der Waals surface area (Å²) in [7, 11) is 3.58. The summed E-state index contributed by atoms with van der Waals surface area (Å²) in [5.41, 5.74) is 2.53. The molecule has 0 aliphatic rings. The van der Waals surface area contributed by atoms with Crippen molar-refractivity contribution in [2.24, 2.45) is 0 Å². The first kappa shape index (κ1) is 18.4. The van der Waals surface area contributed by atoms with Crippen molar-refractivity contribution < 1.29 is 9.72 Å². The Hall–Kier alpha value is -3.35. The Morgan fingerprint density at radius 3 is 2.63 bits per heavy atom. The average molecular weight is 366 g/mol. The van der Waals surface area contributed by atoms with Crippen LogP contribution in [0.1, 0.15) is 23.7 Å². The first-order valence-electron chi connectivity index (χ1n) is 8.76. The number of hydrogen-bond donors (Lipinski definition) is 1. The SMILES string of the molecule is CCCn1ccc2cc(NC(=O)c3cc([N+](=O)[O-])ccc3N(C)C)ccc21. The highest BCUT2D eigenvalue weighted by molar-refractivity contribution is 6.09. The molecule has 3 rings (SSSR count). The maximum Gasteiger partial charge on any atom is 0.270 e. The molecule has 3 aromatic rings. The smallest absolute Gasteiger partial charge is 0.270 e. The maximum absolute atomic E-state index is 12.8. The highest BCUT2D eigenvalue weighted by Crippen LogP contribution is 2.26. The predicted octanol–water partition coefficient (Wildman–Crippen LogP) is 4.28. The first-order chi connectivity index (χ1) is 12.9. The lowest BCUT2D eigenvalue weighted by Gasteiger charge is -2.17. The quantitative estimate of drug-likeness (QED) is 0.522. The van der Waals surface area contributed by atoms with E-state index in [0.29, 0.717) is 11.4 Å². The fourth-order valence-corrected chi connectivity index (χ4v) is 3.12. The lowest BCUT2D eigenvalue weighted by atomic mass is 10.1. The molecule has 0 fully saturated rings. The molecule has 0 saturated heterocycles. The number of hydrogen-bond acceptors (Lipinski definition) is 4. The van der Waals surface area contributed by atoms with Crippen LogP contribution in [0.25, 0.3) is 10.9 Å². The van der Waals surface area contributed by atoms with Gasteiger partial charge in [-0.05, 0) is 36.8 Å². The van der Waals surface area contributed by atoms with Crippen LogP contribution < -0.4 is 10.2 Å². The normalized spacial score (nSPS) is 10.8. The molecule has 0 aliphatic heterocycles. The van der Waals surface area contributed by atoms with Gasteiger partial charge in [-0.2, -0.15) is 0 Å². The number of nitrogens with one attached hydrogen (secondary N) is 1. The van der Waals surface area contributed by atoms with Gasteiger partial charge >= 0.3 is 0 Å². The minimum Gasteiger partial charge on any atom is -0.377 e. The molecule has 7 nitrogen and oxygen atoms in total. The molecule has 0 spiro atoms. The van der Waals surface area contributed by atoms with Crippen LogP contribution >= 0.6 is 0 Å². The third-order valence-electron chi connectivity index (χ3n) is 4.41. The van der Waals surface area contributed by atoms with E-state index in [1.165, 1.54) is 12.1 Å². The van der Waals surface area contributed by atoms with Gasteiger partial charge in [0.1, 0.15) is 0 Å². The van der Waals surface area contributed by atoms with Gasteiger partial charge in [-0.15, -0.1) is 0 Å². The fraction of sp³-hybridized carbons (Fsp3) is 0.250. The summed E-state index contributed by atoms with van der Waals surface area (Å²) in [6.07, 6.45) is 3.08. The number of rotatable bonds is 6. The molecule has 0 radical (unpaired) electrons. The zero-order valence-corrected chi connectivity index (χ0v) is 15.6. The van der Waals surface area contributed by atoms with E-state index in [0.717, 1.165) is 23.9 Å². The fourth-order valence-electron chi connectivity index (χ4n) is 3.12. The van der Waals surface area contributed by atoms with Crippen molar-refractivity contribution in [2.45, 2.75) is 19.9 Å². The van der Waals surface area contributed by atoms with Gasteiger partial charge in [0.25, 0.3) is 11.6 Å². The number of carbonyl (C=O) groups is 1.